The van der Waals surface area contributed by atoms with Crippen molar-refractivity contribution in [3.8, 4) is 5.75 Å². The van der Waals surface area contributed by atoms with Crippen LogP contribution in [0.4, 0.5) is 10.5 Å². The molecule has 0 spiro atoms. The number of amides is 3. The van der Waals surface area contributed by atoms with Crippen molar-refractivity contribution in [2.24, 2.45) is 0 Å². The summed E-state index contributed by atoms with van der Waals surface area (Å²) in [6.45, 7) is 6.80. The van der Waals surface area contributed by atoms with Gasteiger partial charge in [-0.1, -0.05) is 19.1 Å². The van der Waals surface area contributed by atoms with Crippen molar-refractivity contribution in [2.45, 2.75) is 58.5 Å². The molecular formula is C20H31N3O3. The fourth-order valence-corrected chi connectivity index (χ4v) is 3.58. The molecule has 1 heterocycles. The molecule has 1 N–H and O–H groups in total. The number of anilines is 1. The molecule has 2 rings (SSSR count). The molecule has 0 aromatic heterocycles. The van der Waals surface area contributed by atoms with Gasteiger partial charge in [0.05, 0.1) is 12.8 Å². The van der Waals surface area contributed by atoms with Crippen molar-refractivity contribution < 1.29 is 14.3 Å². The van der Waals surface area contributed by atoms with Crippen LogP contribution in [0.3, 0.4) is 0 Å². The van der Waals surface area contributed by atoms with E-state index in [9.17, 15) is 9.59 Å². The van der Waals surface area contributed by atoms with Gasteiger partial charge >= 0.3 is 6.03 Å². The monoisotopic (exact) mass is 361 g/mol. The van der Waals surface area contributed by atoms with Gasteiger partial charge in [0.15, 0.2) is 0 Å². The van der Waals surface area contributed by atoms with Crippen LogP contribution in [-0.2, 0) is 4.79 Å². The van der Waals surface area contributed by atoms with E-state index in [2.05, 4.69) is 19.2 Å². The maximum absolute atomic E-state index is 13.1. The standard InChI is InChI=1S/C20H31N3O3/c1-5-13-22(20(25)23-15(2)9-8-10-16(23)3)14-19(24)21-17-11-6-7-12-18(17)26-4/h6-7,11-12,15-16H,5,8-10,13-14H2,1-4H3,(H,21,24). The minimum Gasteiger partial charge on any atom is -0.495 e. The van der Waals surface area contributed by atoms with Gasteiger partial charge in [0.2, 0.25) is 5.91 Å². The number of hydrogen-bond acceptors (Lipinski definition) is 3. The zero-order valence-corrected chi connectivity index (χ0v) is 16.3. The fraction of sp³-hybridized carbons (Fsp3) is 0.600. The SMILES string of the molecule is CCCN(CC(=O)Nc1ccccc1OC)C(=O)N1C(C)CCCC1C. The van der Waals surface area contributed by atoms with Crippen LogP contribution in [0.15, 0.2) is 24.3 Å². The zero-order valence-electron chi connectivity index (χ0n) is 16.3. The molecule has 1 fully saturated rings. The first kappa shape index (κ1) is 20.1. The summed E-state index contributed by atoms with van der Waals surface area (Å²) in [5.74, 6) is 0.390. The normalized spacial score (nSPS) is 19.8. The van der Waals surface area contributed by atoms with Gasteiger partial charge in [-0.25, -0.2) is 4.79 Å². The first-order valence-corrected chi connectivity index (χ1v) is 9.48. The van der Waals surface area contributed by atoms with Gasteiger partial charge in [0, 0.05) is 18.6 Å². The third kappa shape index (κ3) is 4.90. The van der Waals surface area contributed by atoms with Gasteiger partial charge in [0.25, 0.3) is 0 Å². The van der Waals surface area contributed by atoms with Gasteiger partial charge in [-0.2, -0.15) is 0 Å². The smallest absolute Gasteiger partial charge is 0.320 e. The van der Waals surface area contributed by atoms with E-state index in [0.29, 0.717) is 18.0 Å². The molecule has 0 bridgehead atoms. The van der Waals surface area contributed by atoms with E-state index < -0.39 is 0 Å². The Balaban J connectivity index is 2.06. The molecule has 0 aliphatic carbocycles. The molecule has 1 aliphatic rings. The highest BCUT2D eigenvalue weighted by Gasteiger charge is 2.32. The Morgan fingerprint density at radius 2 is 1.88 bits per heavy atom. The van der Waals surface area contributed by atoms with E-state index in [4.69, 9.17) is 4.74 Å². The Labute approximate surface area is 156 Å². The molecule has 3 amide bonds. The number of piperidine rings is 1. The number of benzene rings is 1. The highest BCUT2D eigenvalue weighted by Crippen LogP contribution is 2.25. The number of nitrogens with one attached hydrogen (secondary N) is 1. The van der Waals surface area contributed by atoms with Crippen LogP contribution < -0.4 is 10.1 Å². The second-order valence-corrected chi connectivity index (χ2v) is 6.99. The number of hydrogen-bond donors (Lipinski definition) is 1. The van der Waals surface area contributed by atoms with E-state index >= 15 is 0 Å². The Morgan fingerprint density at radius 3 is 2.50 bits per heavy atom. The Morgan fingerprint density at radius 1 is 1.23 bits per heavy atom. The van der Waals surface area contributed by atoms with Crippen LogP contribution in [0.1, 0.15) is 46.5 Å². The largest absolute Gasteiger partial charge is 0.495 e. The molecule has 1 aliphatic heterocycles. The predicted octanol–water partition coefficient (Wildman–Crippen LogP) is 3.73. The molecule has 144 valence electrons. The number of rotatable bonds is 6. The first-order valence-electron chi connectivity index (χ1n) is 9.48. The molecule has 26 heavy (non-hydrogen) atoms. The summed E-state index contributed by atoms with van der Waals surface area (Å²) in [5, 5.41) is 2.85. The van der Waals surface area contributed by atoms with Crippen molar-refractivity contribution in [1.82, 2.24) is 9.80 Å². The second kappa shape index (κ2) is 9.46. The highest BCUT2D eigenvalue weighted by atomic mass is 16.5. The number of para-hydroxylation sites is 2. The molecule has 1 aromatic rings. The molecule has 2 unspecified atom stereocenters. The number of likely N-dealkylation sites (tertiary alicyclic amines) is 1. The summed E-state index contributed by atoms with van der Waals surface area (Å²) in [6, 6.07) is 7.65. The van der Waals surface area contributed by atoms with E-state index in [1.807, 2.05) is 24.0 Å². The number of carbonyl (C=O) groups is 2. The van der Waals surface area contributed by atoms with Gasteiger partial charge in [-0.3, -0.25) is 4.79 Å². The predicted molar refractivity (Wildman–Crippen MR) is 103 cm³/mol. The summed E-state index contributed by atoms with van der Waals surface area (Å²) in [7, 11) is 1.57. The van der Waals surface area contributed by atoms with Crippen LogP contribution in [0.25, 0.3) is 0 Å². The number of nitrogens with zero attached hydrogens (tertiary/aromatic N) is 2. The number of ether oxygens (including phenoxy) is 1. The van der Waals surface area contributed by atoms with Crippen LogP contribution in [0.2, 0.25) is 0 Å². The maximum atomic E-state index is 13.1. The Hall–Kier alpha value is -2.24. The van der Waals surface area contributed by atoms with Crippen LogP contribution >= 0.6 is 0 Å². The molecular weight excluding hydrogens is 330 g/mol. The molecule has 2 atom stereocenters. The fourth-order valence-electron chi connectivity index (χ4n) is 3.58. The summed E-state index contributed by atoms with van der Waals surface area (Å²) < 4.78 is 5.27. The lowest BCUT2D eigenvalue weighted by Crippen LogP contribution is -2.54. The minimum atomic E-state index is -0.214. The lowest BCUT2D eigenvalue weighted by molar-refractivity contribution is -0.117. The zero-order chi connectivity index (χ0) is 19.1. The summed E-state index contributed by atoms with van der Waals surface area (Å²) >= 11 is 0. The average Bonchev–Trinajstić information content (AvgIpc) is 2.61. The topological polar surface area (TPSA) is 61.9 Å². The summed E-state index contributed by atoms with van der Waals surface area (Å²) in [4.78, 5) is 29.2. The first-order chi connectivity index (χ1) is 12.5. The van der Waals surface area contributed by atoms with Gasteiger partial charge in [-0.15, -0.1) is 0 Å². The van der Waals surface area contributed by atoms with Crippen molar-refractivity contribution in [3.05, 3.63) is 24.3 Å². The van der Waals surface area contributed by atoms with E-state index in [0.717, 1.165) is 25.7 Å². The number of methoxy groups -OCH3 is 1. The third-order valence-corrected chi connectivity index (χ3v) is 4.89. The van der Waals surface area contributed by atoms with Crippen LogP contribution in [0.5, 0.6) is 5.75 Å². The lowest BCUT2D eigenvalue weighted by Gasteiger charge is -2.41. The minimum absolute atomic E-state index is 0.0401. The van der Waals surface area contributed by atoms with E-state index in [1.165, 1.54) is 0 Å². The average molecular weight is 361 g/mol. The molecule has 1 saturated heterocycles. The Bertz CT molecular complexity index is 610. The van der Waals surface area contributed by atoms with E-state index in [1.54, 1.807) is 24.1 Å². The summed E-state index contributed by atoms with van der Waals surface area (Å²) in [6.07, 6.45) is 3.99. The summed E-state index contributed by atoms with van der Waals surface area (Å²) in [5.41, 5.74) is 0.614. The van der Waals surface area contributed by atoms with Crippen LogP contribution in [-0.4, -0.2) is 54.0 Å². The van der Waals surface area contributed by atoms with Gasteiger partial charge in [0.1, 0.15) is 12.3 Å². The molecule has 0 radical (unpaired) electrons. The molecule has 6 heteroatoms. The van der Waals surface area contributed by atoms with Crippen molar-refractivity contribution in [1.29, 1.82) is 0 Å². The van der Waals surface area contributed by atoms with Gasteiger partial charge in [-0.05, 0) is 51.7 Å². The maximum Gasteiger partial charge on any atom is 0.320 e. The van der Waals surface area contributed by atoms with Crippen molar-refractivity contribution in [3.63, 3.8) is 0 Å². The molecule has 6 nitrogen and oxygen atoms in total. The quantitative estimate of drug-likeness (QED) is 0.840. The number of carbonyl (C=O) groups excluding carboxylic acids is 2. The number of urea groups is 1. The van der Waals surface area contributed by atoms with Gasteiger partial charge < -0.3 is 19.9 Å². The van der Waals surface area contributed by atoms with E-state index in [-0.39, 0.29) is 30.6 Å². The van der Waals surface area contributed by atoms with Crippen molar-refractivity contribution in [2.75, 3.05) is 25.5 Å². The molecule has 0 saturated carbocycles. The second-order valence-electron chi connectivity index (χ2n) is 6.99. The third-order valence-electron chi connectivity index (χ3n) is 4.89. The lowest BCUT2D eigenvalue weighted by atomic mass is 9.98. The molecule has 1 aromatic carbocycles. The van der Waals surface area contributed by atoms with Crippen LogP contribution in [0, 0.1) is 0 Å². The van der Waals surface area contributed by atoms with Crippen molar-refractivity contribution >= 4 is 17.6 Å². The highest BCUT2D eigenvalue weighted by molar-refractivity contribution is 5.95. The Kier molecular flexibility index (Phi) is 7.30.